The minimum Gasteiger partial charge on any atom is -0.497 e. The molecular formula is C24H28N2O4S. The maximum Gasteiger partial charge on any atom is 0.254 e. The maximum atomic E-state index is 13.1. The highest BCUT2D eigenvalue weighted by Gasteiger charge is 2.18. The van der Waals surface area contributed by atoms with Gasteiger partial charge in [0.1, 0.15) is 23.1 Å². The number of nitrogens with zero attached hydrogens (tertiary/aromatic N) is 2. The average molecular weight is 441 g/mol. The number of carbonyl (C=O) groups excluding carboxylic acids is 1. The topological polar surface area (TPSA) is 60.9 Å². The molecule has 0 bridgehead atoms. The first-order valence-corrected chi connectivity index (χ1v) is 10.9. The molecule has 0 N–H and O–H groups in total. The van der Waals surface area contributed by atoms with Gasteiger partial charge in [0, 0.05) is 24.6 Å². The molecule has 0 fully saturated rings. The number of ether oxygens (including phenoxy) is 3. The van der Waals surface area contributed by atoms with Crippen molar-refractivity contribution in [2.45, 2.75) is 27.0 Å². The molecule has 6 nitrogen and oxygen atoms in total. The van der Waals surface area contributed by atoms with Gasteiger partial charge in [-0.25, -0.2) is 4.98 Å². The summed E-state index contributed by atoms with van der Waals surface area (Å²) in [5, 5.41) is 2.84. The number of hydrogen-bond acceptors (Lipinski definition) is 6. The van der Waals surface area contributed by atoms with Crippen molar-refractivity contribution in [3.63, 3.8) is 0 Å². The zero-order valence-corrected chi connectivity index (χ0v) is 19.2. The van der Waals surface area contributed by atoms with Crippen LogP contribution < -0.4 is 9.47 Å². The Bertz CT molecular complexity index is 1020. The van der Waals surface area contributed by atoms with Gasteiger partial charge < -0.3 is 19.1 Å². The molecule has 0 radical (unpaired) electrons. The SMILES string of the molecule is COCCN(Cc1csc(COc2ccc(C)c(C)c2)n1)C(=O)c1cccc(OC)c1. The number of benzene rings is 2. The third kappa shape index (κ3) is 6.29. The largest absolute Gasteiger partial charge is 0.497 e. The van der Waals surface area contributed by atoms with Crippen LogP contribution in [0, 0.1) is 13.8 Å². The molecule has 0 saturated carbocycles. The van der Waals surface area contributed by atoms with Crippen molar-refractivity contribution < 1.29 is 19.0 Å². The predicted molar refractivity (Wildman–Crippen MR) is 122 cm³/mol. The number of rotatable bonds is 10. The molecule has 1 heterocycles. The van der Waals surface area contributed by atoms with Crippen LogP contribution >= 0.6 is 11.3 Å². The number of aryl methyl sites for hydroxylation is 2. The van der Waals surface area contributed by atoms with Crippen molar-refractivity contribution in [1.82, 2.24) is 9.88 Å². The fourth-order valence-electron chi connectivity index (χ4n) is 3.02. The number of amides is 1. The third-order valence-electron chi connectivity index (χ3n) is 4.96. The van der Waals surface area contributed by atoms with E-state index in [2.05, 4.69) is 24.9 Å². The first kappa shape index (κ1) is 22.8. The molecule has 1 amide bonds. The Hall–Kier alpha value is -2.90. The summed E-state index contributed by atoms with van der Waals surface area (Å²) in [6.07, 6.45) is 0. The van der Waals surface area contributed by atoms with E-state index in [9.17, 15) is 4.79 Å². The molecule has 0 aliphatic rings. The highest BCUT2D eigenvalue weighted by molar-refractivity contribution is 7.09. The van der Waals surface area contributed by atoms with Crippen molar-refractivity contribution >= 4 is 17.2 Å². The Balaban J connectivity index is 1.66. The summed E-state index contributed by atoms with van der Waals surface area (Å²) in [5.41, 5.74) is 3.84. The Morgan fingerprint density at radius 2 is 1.90 bits per heavy atom. The lowest BCUT2D eigenvalue weighted by Crippen LogP contribution is -2.33. The molecule has 0 saturated heterocycles. The van der Waals surface area contributed by atoms with E-state index in [4.69, 9.17) is 14.2 Å². The summed E-state index contributed by atoms with van der Waals surface area (Å²) in [6, 6.07) is 13.2. The van der Waals surface area contributed by atoms with Gasteiger partial charge in [-0.3, -0.25) is 4.79 Å². The molecule has 2 aromatic carbocycles. The minimum absolute atomic E-state index is 0.0862. The Morgan fingerprint density at radius 1 is 1.06 bits per heavy atom. The molecule has 0 atom stereocenters. The van der Waals surface area contributed by atoms with E-state index >= 15 is 0 Å². The van der Waals surface area contributed by atoms with Crippen molar-refractivity contribution in [3.05, 3.63) is 75.2 Å². The van der Waals surface area contributed by atoms with Crippen LogP contribution in [-0.2, 0) is 17.9 Å². The number of thiazole rings is 1. The second-order valence-corrected chi connectivity index (χ2v) is 8.16. The molecule has 3 rings (SSSR count). The quantitative estimate of drug-likeness (QED) is 0.460. The van der Waals surface area contributed by atoms with Crippen LogP contribution in [0.3, 0.4) is 0 Å². The fraction of sp³-hybridized carbons (Fsp3) is 0.333. The van der Waals surface area contributed by atoms with Crippen molar-refractivity contribution in [1.29, 1.82) is 0 Å². The molecule has 164 valence electrons. The van der Waals surface area contributed by atoms with Crippen LogP contribution in [0.1, 0.15) is 32.2 Å². The molecule has 0 unspecified atom stereocenters. The molecule has 31 heavy (non-hydrogen) atoms. The van der Waals surface area contributed by atoms with Crippen LogP contribution in [0.15, 0.2) is 47.8 Å². The summed E-state index contributed by atoms with van der Waals surface area (Å²) in [6.45, 7) is 5.86. The standard InChI is InChI=1S/C24H28N2O4S/c1-17-8-9-22(12-18(17)2)30-15-23-25-20(16-31-23)14-26(10-11-28-3)24(27)19-6-5-7-21(13-19)29-4/h5-9,12-13,16H,10-11,14-15H2,1-4H3. The van der Waals surface area contributed by atoms with Crippen molar-refractivity contribution in [2.24, 2.45) is 0 Å². The maximum absolute atomic E-state index is 13.1. The van der Waals surface area contributed by atoms with Crippen molar-refractivity contribution in [3.8, 4) is 11.5 Å². The van der Waals surface area contributed by atoms with Gasteiger partial charge in [0.05, 0.1) is 26.0 Å². The first-order valence-electron chi connectivity index (χ1n) is 10.1. The number of aromatic nitrogens is 1. The van der Waals surface area contributed by atoms with E-state index < -0.39 is 0 Å². The van der Waals surface area contributed by atoms with Gasteiger partial charge in [-0.05, 0) is 55.3 Å². The first-order chi connectivity index (χ1) is 15.0. The molecule has 0 aliphatic carbocycles. The molecular weight excluding hydrogens is 412 g/mol. The summed E-state index contributed by atoms with van der Waals surface area (Å²) in [7, 11) is 3.21. The smallest absolute Gasteiger partial charge is 0.254 e. The fourth-order valence-corrected chi connectivity index (χ4v) is 3.72. The van der Waals surface area contributed by atoms with E-state index in [0.29, 0.717) is 37.6 Å². The third-order valence-corrected chi connectivity index (χ3v) is 5.83. The van der Waals surface area contributed by atoms with Gasteiger partial charge in [-0.2, -0.15) is 0 Å². The van der Waals surface area contributed by atoms with Gasteiger partial charge in [0.25, 0.3) is 5.91 Å². The minimum atomic E-state index is -0.0862. The van der Waals surface area contributed by atoms with E-state index in [-0.39, 0.29) is 5.91 Å². The van der Waals surface area contributed by atoms with Crippen LogP contribution in [0.2, 0.25) is 0 Å². The van der Waals surface area contributed by atoms with Gasteiger partial charge in [-0.1, -0.05) is 12.1 Å². The predicted octanol–water partition coefficient (Wildman–Crippen LogP) is 4.64. The lowest BCUT2D eigenvalue weighted by atomic mass is 10.1. The van der Waals surface area contributed by atoms with Gasteiger partial charge in [0.2, 0.25) is 0 Å². The molecule has 1 aromatic heterocycles. The number of methoxy groups -OCH3 is 2. The summed E-state index contributed by atoms with van der Waals surface area (Å²) in [5.74, 6) is 1.39. The lowest BCUT2D eigenvalue weighted by molar-refractivity contribution is 0.0678. The van der Waals surface area contributed by atoms with Gasteiger partial charge >= 0.3 is 0 Å². The summed E-state index contributed by atoms with van der Waals surface area (Å²) in [4.78, 5) is 19.5. The molecule has 0 spiro atoms. The Morgan fingerprint density at radius 3 is 2.65 bits per heavy atom. The second-order valence-electron chi connectivity index (χ2n) is 7.22. The highest BCUT2D eigenvalue weighted by Crippen LogP contribution is 2.20. The molecule has 3 aromatic rings. The van der Waals surface area contributed by atoms with Crippen LogP contribution in [0.5, 0.6) is 11.5 Å². The average Bonchev–Trinajstić information content (AvgIpc) is 3.24. The van der Waals surface area contributed by atoms with E-state index in [1.807, 2.05) is 29.6 Å². The zero-order chi connectivity index (χ0) is 22.2. The van der Waals surface area contributed by atoms with E-state index in [0.717, 1.165) is 16.5 Å². The second kappa shape index (κ2) is 10.9. The summed E-state index contributed by atoms with van der Waals surface area (Å²) < 4.78 is 16.3. The lowest BCUT2D eigenvalue weighted by Gasteiger charge is -2.21. The summed E-state index contributed by atoms with van der Waals surface area (Å²) >= 11 is 1.53. The van der Waals surface area contributed by atoms with Crippen LogP contribution in [0.25, 0.3) is 0 Å². The zero-order valence-electron chi connectivity index (χ0n) is 18.4. The van der Waals surface area contributed by atoms with Gasteiger partial charge in [0.15, 0.2) is 0 Å². The van der Waals surface area contributed by atoms with Crippen LogP contribution in [-0.4, -0.2) is 43.2 Å². The van der Waals surface area contributed by atoms with E-state index in [1.54, 1.807) is 31.3 Å². The number of hydrogen-bond donors (Lipinski definition) is 0. The molecule has 7 heteroatoms. The normalized spacial score (nSPS) is 10.7. The Labute approximate surface area is 187 Å². The Kier molecular flexibility index (Phi) is 8.03. The molecule has 0 aliphatic heterocycles. The monoisotopic (exact) mass is 440 g/mol. The highest BCUT2D eigenvalue weighted by atomic mass is 32.1. The van der Waals surface area contributed by atoms with Gasteiger partial charge in [-0.15, -0.1) is 11.3 Å². The van der Waals surface area contributed by atoms with Crippen molar-refractivity contribution in [2.75, 3.05) is 27.4 Å². The number of carbonyl (C=O) groups is 1. The van der Waals surface area contributed by atoms with E-state index in [1.165, 1.54) is 22.5 Å². The van der Waals surface area contributed by atoms with Crippen LogP contribution in [0.4, 0.5) is 0 Å².